The van der Waals surface area contributed by atoms with Crippen molar-refractivity contribution in [1.29, 1.82) is 0 Å². The summed E-state index contributed by atoms with van der Waals surface area (Å²) >= 11 is 0. The van der Waals surface area contributed by atoms with Crippen LogP contribution in [0.5, 0.6) is 0 Å². The van der Waals surface area contributed by atoms with Gasteiger partial charge in [0.05, 0.1) is 5.56 Å². The zero-order valence-corrected chi connectivity index (χ0v) is 10.3. The van der Waals surface area contributed by atoms with E-state index >= 15 is 0 Å². The lowest BCUT2D eigenvalue weighted by Crippen LogP contribution is -2.28. The van der Waals surface area contributed by atoms with Gasteiger partial charge in [0.1, 0.15) is 0 Å². The molecule has 0 bridgehead atoms. The Labute approximate surface area is 104 Å². The van der Waals surface area contributed by atoms with Crippen molar-refractivity contribution >= 4 is 5.91 Å². The van der Waals surface area contributed by atoms with Crippen molar-refractivity contribution in [3.8, 4) is 0 Å². The number of carbonyl (C=O) groups excluding carboxylic acids is 1. The maximum absolute atomic E-state index is 13.3. The third-order valence-corrected chi connectivity index (χ3v) is 2.35. The highest BCUT2D eigenvalue weighted by molar-refractivity contribution is 5.94. The number of nitrogens with zero attached hydrogens (tertiary/aromatic N) is 1. The quantitative estimate of drug-likeness (QED) is 0.646. The van der Waals surface area contributed by atoms with Gasteiger partial charge in [-0.15, -0.1) is 0 Å². The molecular formula is C12H15F3N2O. The fourth-order valence-corrected chi connectivity index (χ4v) is 1.39. The number of amides is 1. The number of nitrogens with one attached hydrogen (secondary N) is 1. The Kier molecular flexibility index (Phi) is 5.15. The van der Waals surface area contributed by atoms with Crippen LogP contribution in [0.15, 0.2) is 12.1 Å². The molecule has 0 spiro atoms. The zero-order valence-electron chi connectivity index (χ0n) is 10.3. The minimum atomic E-state index is -1.63. The van der Waals surface area contributed by atoms with Gasteiger partial charge in [-0.05, 0) is 39.2 Å². The van der Waals surface area contributed by atoms with Crippen LogP contribution < -0.4 is 5.32 Å². The molecule has 3 nitrogen and oxygen atoms in total. The Hall–Kier alpha value is -1.56. The summed E-state index contributed by atoms with van der Waals surface area (Å²) in [6.07, 6.45) is 0.685. The fraction of sp³-hybridized carbons (Fsp3) is 0.417. The fourth-order valence-electron chi connectivity index (χ4n) is 1.39. The van der Waals surface area contributed by atoms with Gasteiger partial charge in [0, 0.05) is 6.54 Å². The number of carbonyl (C=O) groups is 1. The van der Waals surface area contributed by atoms with E-state index in [0.717, 1.165) is 18.7 Å². The maximum Gasteiger partial charge on any atom is 0.254 e. The lowest BCUT2D eigenvalue weighted by molar-refractivity contribution is 0.0947. The second kappa shape index (κ2) is 6.39. The molecule has 1 aromatic carbocycles. The molecule has 0 aromatic heterocycles. The Morgan fingerprint density at radius 1 is 1.22 bits per heavy atom. The standard InChI is InChI=1S/C12H15F3N2O/c1-17(2)7-3-6-16-12(18)8-4-5-9(13)11(15)10(8)14/h4-5H,3,6-7H2,1-2H3,(H,16,18). The van der Waals surface area contributed by atoms with Crippen LogP contribution in [0.1, 0.15) is 16.8 Å². The molecule has 0 saturated carbocycles. The molecule has 1 aromatic rings. The summed E-state index contributed by atoms with van der Waals surface area (Å²) in [5, 5.41) is 2.45. The average Bonchev–Trinajstić information content (AvgIpc) is 2.31. The van der Waals surface area contributed by atoms with E-state index in [2.05, 4.69) is 5.32 Å². The van der Waals surface area contributed by atoms with Crippen LogP contribution in [0, 0.1) is 17.5 Å². The molecule has 0 aliphatic carbocycles. The Morgan fingerprint density at radius 3 is 2.50 bits per heavy atom. The summed E-state index contributed by atoms with van der Waals surface area (Å²) in [7, 11) is 3.77. The number of hydrogen-bond donors (Lipinski definition) is 1. The normalized spacial score (nSPS) is 10.8. The van der Waals surface area contributed by atoms with Gasteiger partial charge < -0.3 is 10.2 Å². The monoisotopic (exact) mass is 260 g/mol. The van der Waals surface area contributed by atoms with Gasteiger partial charge in [-0.3, -0.25) is 4.79 Å². The van der Waals surface area contributed by atoms with E-state index in [9.17, 15) is 18.0 Å². The van der Waals surface area contributed by atoms with Crippen molar-refractivity contribution in [2.45, 2.75) is 6.42 Å². The molecule has 6 heteroatoms. The molecule has 0 heterocycles. The van der Waals surface area contributed by atoms with Crippen molar-refractivity contribution in [1.82, 2.24) is 10.2 Å². The first-order valence-electron chi connectivity index (χ1n) is 5.50. The van der Waals surface area contributed by atoms with Gasteiger partial charge in [-0.25, -0.2) is 13.2 Å². The van der Waals surface area contributed by atoms with Crippen LogP contribution in [0.4, 0.5) is 13.2 Å². The minimum Gasteiger partial charge on any atom is -0.352 e. The number of benzene rings is 1. The maximum atomic E-state index is 13.3. The lowest BCUT2D eigenvalue weighted by atomic mass is 10.2. The van der Waals surface area contributed by atoms with Gasteiger partial charge >= 0.3 is 0 Å². The van der Waals surface area contributed by atoms with Crippen LogP contribution in [-0.4, -0.2) is 38.0 Å². The third kappa shape index (κ3) is 3.73. The molecule has 0 aliphatic rings. The predicted molar refractivity (Wildman–Crippen MR) is 61.8 cm³/mol. The minimum absolute atomic E-state index is 0.343. The molecule has 100 valence electrons. The molecule has 0 unspecified atom stereocenters. The Bertz CT molecular complexity index is 436. The van der Waals surface area contributed by atoms with E-state index in [1.165, 1.54) is 0 Å². The van der Waals surface area contributed by atoms with Gasteiger partial charge in [0.15, 0.2) is 17.5 Å². The van der Waals surface area contributed by atoms with Gasteiger partial charge in [-0.1, -0.05) is 0 Å². The average molecular weight is 260 g/mol. The molecule has 0 atom stereocenters. The summed E-state index contributed by atoms with van der Waals surface area (Å²) in [5.74, 6) is -5.14. The number of hydrogen-bond acceptors (Lipinski definition) is 2. The molecule has 0 fully saturated rings. The highest BCUT2D eigenvalue weighted by atomic mass is 19.2. The summed E-state index contributed by atoms with van der Waals surface area (Å²) in [6, 6.07) is 1.65. The molecule has 0 radical (unpaired) electrons. The second-order valence-electron chi connectivity index (χ2n) is 4.14. The van der Waals surface area contributed by atoms with Crippen LogP contribution in [-0.2, 0) is 0 Å². The third-order valence-electron chi connectivity index (χ3n) is 2.35. The topological polar surface area (TPSA) is 32.3 Å². The number of halogens is 3. The molecule has 1 amide bonds. The summed E-state index contributed by atoms with van der Waals surface area (Å²) in [5.41, 5.74) is -0.487. The van der Waals surface area contributed by atoms with E-state index < -0.39 is 28.9 Å². The van der Waals surface area contributed by atoms with Gasteiger partial charge in [0.2, 0.25) is 0 Å². The molecule has 0 saturated heterocycles. The predicted octanol–water partition coefficient (Wildman–Crippen LogP) is 1.79. The Balaban J connectivity index is 2.60. The second-order valence-corrected chi connectivity index (χ2v) is 4.14. The van der Waals surface area contributed by atoms with Crippen molar-refractivity contribution in [3.05, 3.63) is 35.1 Å². The van der Waals surface area contributed by atoms with Gasteiger partial charge in [0.25, 0.3) is 5.91 Å². The number of rotatable bonds is 5. The lowest BCUT2D eigenvalue weighted by Gasteiger charge is -2.10. The van der Waals surface area contributed by atoms with E-state index in [1.54, 1.807) is 0 Å². The molecule has 0 aliphatic heterocycles. The van der Waals surface area contributed by atoms with Crippen molar-refractivity contribution in [2.24, 2.45) is 0 Å². The molecule has 1 N–H and O–H groups in total. The Morgan fingerprint density at radius 2 is 1.89 bits per heavy atom. The van der Waals surface area contributed by atoms with E-state index in [1.807, 2.05) is 19.0 Å². The van der Waals surface area contributed by atoms with Gasteiger partial charge in [-0.2, -0.15) is 0 Å². The summed E-state index contributed by atoms with van der Waals surface area (Å²) in [4.78, 5) is 13.5. The SMILES string of the molecule is CN(C)CCCNC(=O)c1ccc(F)c(F)c1F. The van der Waals surface area contributed by atoms with E-state index in [4.69, 9.17) is 0 Å². The van der Waals surface area contributed by atoms with Crippen LogP contribution in [0.3, 0.4) is 0 Å². The summed E-state index contributed by atoms with van der Waals surface area (Å²) < 4.78 is 38.8. The van der Waals surface area contributed by atoms with Crippen LogP contribution in [0.25, 0.3) is 0 Å². The van der Waals surface area contributed by atoms with Crippen LogP contribution >= 0.6 is 0 Å². The largest absolute Gasteiger partial charge is 0.352 e. The van der Waals surface area contributed by atoms with E-state index in [0.29, 0.717) is 13.0 Å². The van der Waals surface area contributed by atoms with Crippen molar-refractivity contribution in [3.63, 3.8) is 0 Å². The molecular weight excluding hydrogens is 245 g/mol. The first-order chi connectivity index (χ1) is 8.43. The van der Waals surface area contributed by atoms with Crippen molar-refractivity contribution < 1.29 is 18.0 Å². The highest BCUT2D eigenvalue weighted by Gasteiger charge is 2.18. The highest BCUT2D eigenvalue weighted by Crippen LogP contribution is 2.14. The smallest absolute Gasteiger partial charge is 0.254 e. The molecule has 18 heavy (non-hydrogen) atoms. The van der Waals surface area contributed by atoms with Crippen molar-refractivity contribution in [2.75, 3.05) is 27.2 Å². The van der Waals surface area contributed by atoms with E-state index in [-0.39, 0.29) is 0 Å². The zero-order chi connectivity index (χ0) is 13.7. The first-order valence-corrected chi connectivity index (χ1v) is 5.50. The first kappa shape index (κ1) is 14.5. The van der Waals surface area contributed by atoms with Crippen LogP contribution in [0.2, 0.25) is 0 Å². The molecule has 1 rings (SSSR count). The summed E-state index contributed by atoms with van der Waals surface area (Å²) in [6.45, 7) is 1.11.